The third-order valence-electron chi connectivity index (χ3n) is 5.36. The van der Waals surface area contributed by atoms with Crippen molar-refractivity contribution < 1.29 is 5.11 Å². The van der Waals surface area contributed by atoms with Crippen molar-refractivity contribution in [2.24, 2.45) is 10.4 Å². The fourth-order valence-corrected chi connectivity index (χ4v) is 3.26. The lowest BCUT2D eigenvalue weighted by atomic mass is 9.79. The van der Waals surface area contributed by atoms with E-state index in [0.29, 0.717) is 0 Å². The molecule has 3 N–H and O–H groups in total. The Morgan fingerprint density at radius 3 is 2.36 bits per heavy atom. The normalized spacial score (nSPS) is 12.0. The van der Waals surface area contributed by atoms with Crippen molar-refractivity contribution in [1.29, 1.82) is 0 Å². The molecular formula is C22H41IN4O. The van der Waals surface area contributed by atoms with Gasteiger partial charge < -0.3 is 20.6 Å². The fraction of sp³-hybridized carbons (Fsp3) is 0.682. The molecule has 0 saturated carbocycles. The standard InChI is InChI=1S/C22H40N4O.HI/c1-5-22(6-2,14-17-27)19-25-21(23-7-3)24-15-11-16-26(4)18-20-12-9-8-10-13-20;/h8-10,12-13,27H,5-7,11,14-19H2,1-4H3,(H2,23,24,25);1H. The molecule has 0 aliphatic rings. The highest BCUT2D eigenvalue weighted by molar-refractivity contribution is 14.0. The molecule has 0 spiro atoms. The van der Waals surface area contributed by atoms with Gasteiger partial charge in [0.25, 0.3) is 0 Å². The molecule has 0 heterocycles. The third-order valence-corrected chi connectivity index (χ3v) is 5.36. The molecule has 0 amide bonds. The van der Waals surface area contributed by atoms with Crippen LogP contribution in [-0.2, 0) is 6.54 Å². The quantitative estimate of drug-likeness (QED) is 0.165. The molecule has 0 fully saturated rings. The van der Waals surface area contributed by atoms with Crippen molar-refractivity contribution in [3.05, 3.63) is 35.9 Å². The van der Waals surface area contributed by atoms with E-state index in [1.54, 1.807) is 0 Å². The minimum absolute atomic E-state index is 0. The van der Waals surface area contributed by atoms with Gasteiger partial charge in [-0.3, -0.25) is 4.99 Å². The summed E-state index contributed by atoms with van der Waals surface area (Å²) in [6, 6.07) is 10.6. The molecule has 0 bridgehead atoms. The Morgan fingerprint density at radius 2 is 1.79 bits per heavy atom. The second-order valence-corrected chi connectivity index (χ2v) is 7.38. The van der Waals surface area contributed by atoms with E-state index in [9.17, 15) is 5.11 Å². The van der Waals surface area contributed by atoms with E-state index in [2.05, 4.69) is 73.7 Å². The lowest BCUT2D eigenvalue weighted by Crippen LogP contribution is -2.39. The Kier molecular flexibility index (Phi) is 15.5. The van der Waals surface area contributed by atoms with Crippen LogP contribution in [-0.4, -0.2) is 55.8 Å². The second-order valence-electron chi connectivity index (χ2n) is 7.38. The molecular weight excluding hydrogens is 463 g/mol. The zero-order chi connectivity index (χ0) is 20.0. The summed E-state index contributed by atoms with van der Waals surface area (Å²) < 4.78 is 0. The maximum absolute atomic E-state index is 9.38. The lowest BCUT2D eigenvalue weighted by molar-refractivity contribution is 0.175. The average Bonchev–Trinajstić information content (AvgIpc) is 2.69. The van der Waals surface area contributed by atoms with Gasteiger partial charge in [0.2, 0.25) is 0 Å². The van der Waals surface area contributed by atoms with Crippen molar-refractivity contribution in [2.45, 2.75) is 53.0 Å². The van der Waals surface area contributed by atoms with Gasteiger partial charge in [0, 0.05) is 32.8 Å². The van der Waals surface area contributed by atoms with Gasteiger partial charge in [0.1, 0.15) is 0 Å². The number of hydrogen-bond acceptors (Lipinski definition) is 3. The molecule has 0 radical (unpaired) electrons. The minimum Gasteiger partial charge on any atom is -0.396 e. The number of nitrogens with one attached hydrogen (secondary N) is 2. The molecule has 6 heteroatoms. The van der Waals surface area contributed by atoms with E-state index >= 15 is 0 Å². The number of aliphatic hydroxyl groups is 1. The molecule has 0 unspecified atom stereocenters. The molecule has 1 aromatic carbocycles. The number of aliphatic imine (C=N–C) groups is 1. The van der Waals surface area contributed by atoms with Crippen LogP contribution >= 0.6 is 24.0 Å². The van der Waals surface area contributed by atoms with E-state index in [1.165, 1.54) is 5.56 Å². The molecule has 0 saturated heterocycles. The highest BCUT2D eigenvalue weighted by Gasteiger charge is 2.25. The molecule has 162 valence electrons. The van der Waals surface area contributed by atoms with Crippen LogP contribution in [0.5, 0.6) is 0 Å². The zero-order valence-corrected chi connectivity index (χ0v) is 20.5. The minimum atomic E-state index is 0. The number of hydrogen-bond donors (Lipinski definition) is 3. The van der Waals surface area contributed by atoms with E-state index in [-0.39, 0.29) is 36.0 Å². The van der Waals surface area contributed by atoms with Gasteiger partial charge in [-0.1, -0.05) is 44.2 Å². The number of aliphatic hydroxyl groups excluding tert-OH is 1. The van der Waals surface area contributed by atoms with Gasteiger partial charge in [0.15, 0.2) is 5.96 Å². The molecule has 0 aliphatic heterocycles. The van der Waals surface area contributed by atoms with Crippen molar-refractivity contribution in [2.75, 3.05) is 39.8 Å². The Morgan fingerprint density at radius 1 is 1.11 bits per heavy atom. The average molecular weight is 505 g/mol. The smallest absolute Gasteiger partial charge is 0.191 e. The molecule has 0 aliphatic carbocycles. The summed E-state index contributed by atoms with van der Waals surface area (Å²) in [5.41, 5.74) is 1.45. The van der Waals surface area contributed by atoms with Crippen molar-refractivity contribution in [3.63, 3.8) is 0 Å². The van der Waals surface area contributed by atoms with Gasteiger partial charge in [-0.2, -0.15) is 0 Å². The zero-order valence-electron chi connectivity index (χ0n) is 18.2. The van der Waals surface area contributed by atoms with Crippen LogP contribution in [0.1, 0.15) is 52.0 Å². The molecule has 1 rings (SSSR count). The first-order valence-electron chi connectivity index (χ1n) is 10.4. The number of nitrogens with zero attached hydrogens (tertiary/aromatic N) is 2. The number of guanidine groups is 1. The predicted octanol–water partition coefficient (Wildman–Crippen LogP) is 3.87. The molecule has 1 aromatic rings. The van der Waals surface area contributed by atoms with Gasteiger partial charge in [-0.25, -0.2) is 0 Å². The SMILES string of the molecule is CCNC(=NCC(CC)(CC)CCO)NCCCN(C)Cc1ccccc1.I. The van der Waals surface area contributed by atoms with E-state index < -0.39 is 0 Å². The first-order valence-corrected chi connectivity index (χ1v) is 10.4. The monoisotopic (exact) mass is 504 g/mol. The van der Waals surface area contributed by atoms with Crippen molar-refractivity contribution in [3.8, 4) is 0 Å². The summed E-state index contributed by atoms with van der Waals surface area (Å²) in [5.74, 6) is 0.882. The van der Waals surface area contributed by atoms with E-state index in [1.807, 2.05) is 0 Å². The number of rotatable bonds is 13. The van der Waals surface area contributed by atoms with Crippen LogP contribution in [0.2, 0.25) is 0 Å². The Hall–Kier alpha value is -0.860. The summed E-state index contributed by atoms with van der Waals surface area (Å²) in [4.78, 5) is 7.15. The van der Waals surface area contributed by atoms with Crippen molar-refractivity contribution in [1.82, 2.24) is 15.5 Å². The Labute approximate surface area is 189 Å². The van der Waals surface area contributed by atoms with Crippen LogP contribution in [0.15, 0.2) is 35.3 Å². The van der Waals surface area contributed by atoms with Crippen LogP contribution in [0.25, 0.3) is 0 Å². The highest BCUT2D eigenvalue weighted by atomic mass is 127. The molecule has 0 atom stereocenters. The van der Waals surface area contributed by atoms with Gasteiger partial charge in [0.05, 0.1) is 0 Å². The topological polar surface area (TPSA) is 59.9 Å². The van der Waals surface area contributed by atoms with E-state index in [0.717, 1.165) is 64.4 Å². The van der Waals surface area contributed by atoms with Gasteiger partial charge in [-0.15, -0.1) is 24.0 Å². The Balaban J connectivity index is 0.00000729. The predicted molar refractivity (Wildman–Crippen MR) is 132 cm³/mol. The summed E-state index contributed by atoms with van der Waals surface area (Å²) in [7, 11) is 2.16. The van der Waals surface area contributed by atoms with E-state index in [4.69, 9.17) is 4.99 Å². The largest absolute Gasteiger partial charge is 0.396 e. The first-order chi connectivity index (χ1) is 13.1. The molecule has 0 aromatic heterocycles. The maximum atomic E-state index is 9.38. The molecule has 28 heavy (non-hydrogen) atoms. The first kappa shape index (κ1) is 27.1. The fourth-order valence-electron chi connectivity index (χ4n) is 3.26. The maximum Gasteiger partial charge on any atom is 0.191 e. The Bertz CT molecular complexity index is 521. The number of benzene rings is 1. The summed E-state index contributed by atoms with van der Waals surface area (Å²) in [6.07, 6.45) is 3.96. The summed E-state index contributed by atoms with van der Waals surface area (Å²) in [6.45, 7) is 11.2. The highest BCUT2D eigenvalue weighted by Crippen LogP contribution is 2.30. The summed E-state index contributed by atoms with van der Waals surface area (Å²) >= 11 is 0. The van der Waals surface area contributed by atoms with Crippen LogP contribution in [0, 0.1) is 5.41 Å². The van der Waals surface area contributed by atoms with Crippen LogP contribution in [0.4, 0.5) is 0 Å². The van der Waals surface area contributed by atoms with Crippen LogP contribution < -0.4 is 10.6 Å². The third kappa shape index (κ3) is 10.6. The van der Waals surface area contributed by atoms with Gasteiger partial charge in [-0.05, 0) is 57.2 Å². The van der Waals surface area contributed by atoms with Crippen molar-refractivity contribution >= 4 is 29.9 Å². The summed E-state index contributed by atoms with van der Waals surface area (Å²) in [5, 5.41) is 16.2. The van der Waals surface area contributed by atoms with Gasteiger partial charge >= 0.3 is 0 Å². The lowest BCUT2D eigenvalue weighted by Gasteiger charge is -2.29. The second kappa shape index (κ2) is 16.0. The number of halogens is 1. The molecule has 5 nitrogen and oxygen atoms in total. The van der Waals surface area contributed by atoms with Crippen LogP contribution in [0.3, 0.4) is 0 Å².